The largest absolute Gasteiger partial charge is 0.573 e. The van der Waals surface area contributed by atoms with Crippen molar-refractivity contribution in [2.75, 3.05) is 11.5 Å². The molecule has 1 aromatic carbocycles. The average Bonchev–Trinajstić information content (AvgIpc) is 2.21. The molecule has 0 bridgehead atoms. The molecular formula is C11H10F3NOS. The summed E-state index contributed by atoms with van der Waals surface area (Å²) >= 11 is 3.96. The van der Waals surface area contributed by atoms with Gasteiger partial charge in [-0.25, -0.2) is 0 Å². The third-order valence-corrected chi connectivity index (χ3v) is 1.93. The fraction of sp³-hybridized carbons (Fsp3) is 0.273. The first-order valence-corrected chi connectivity index (χ1v) is 5.30. The topological polar surface area (TPSA) is 35.2 Å². The van der Waals surface area contributed by atoms with Gasteiger partial charge in [0.05, 0.1) is 5.69 Å². The standard InChI is InChI=1S/C11H10F3NOS/c12-11(13,14)16-10-7-8(3-1-2-6-17)4-5-9(10)15/h4-5,7,17H,2,6,15H2. The van der Waals surface area contributed by atoms with Crippen LogP contribution < -0.4 is 10.5 Å². The van der Waals surface area contributed by atoms with E-state index in [-0.39, 0.29) is 5.69 Å². The van der Waals surface area contributed by atoms with Crippen molar-refractivity contribution >= 4 is 18.3 Å². The Morgan fingerprint density at radius 2 is 2.06 bits per heavy atom. The number of rotatable bonds is 2. The van der Waals surface area contributed by atoms with E-state index in [1.807, 2.05) is 0 Å². The van der Waals surface area contributed by atoms with Gasteiger partial charge in [0.15, 0.2) is 5.75 Å². The molecule has 17 heavy (non-hydrogen) atoms. The number of nitrogen functional groups attached to an aromatic ring is 1. The molecule has 0 saturated heterocycles. The van der Waals surface area contributed by atoms with Crippen LogP contribution in [-0.4, -0.2) is 12.1 Å². The van der Waals surface area contributed by atoms with Crippen LogP contribution in [0, 0.1) is 11.8 Å². The van der Waals surface area contributed by atoms with Crippen LogP contribution in [0.4, 0.5) is 18.9 Å². The lowest BCUT2D eigenvalue weighted by Gasteiger charge is -2.10. The Bertz CT molecular complexity index is 448. The molecule has 92 valence electrons. The highest BCUT2D eigenvalue weighted by atomic mass is 32.1. The fourth-order valence-electron chi connectivity index (χ4n) is 1.05. The monoisotopic (exact) mass is 261 g/mol. The molecule has 0 aromatic heterocycles. The van der Waals surface area contributed by atoms with Gasteiger partial charge in [-0.2, -0.15) is 12.6 Å². The van der Waals surface area contributed by atoms with Gasteiger partial charge in [-0.05, 0) is 18.2 Å². The summed E-state index contributed by atoms with van der Waals surface area (Å²) < 4.78 is 39.9. The average molecular weight is 261 g/mol. The van der Waals surface area contributed by atoms with E-state index in [4.69, 9.17) is 5.73 Å². The SMILES string of the molecule is Nc1ccc(C#CCCS)cc1OC(F)(F)F. The van der Waals surface area contributed by atoms with Gasteiger partial charge in [-0.1, -0.05) is 11.8 Å². The number of anilines is 1. The van der Waals surface area contributed by atoms with Gasteiger partial charge in [0.2, 0.25) is 0 Å². The highest BCUT2D eigenvalue weighted by Gasteiger charge is 2.31. The van der Waals surface area contributed by atoms with Gasteiger partial charge < -0.3 is 10.5 Å². The lowest BCUT2D eigenvalue weighted by molar-refractivity contribution is -0.274. The zero-order chi connectivity index (χ0) is 12.9. The summed E-state index contributed by atoms with van der Waals surface area (Å²) in [7, 11) is 0. The van der Waals surface area contributed by atoms with Crippen molar-refractivity contribution in [1.82, 2.24) is 0 Å². The fourth-order valence-corrected chi connectivity index (χ4v) is 1.16. The molecule has 0 heterocycles. The number of alkyl halides is 3. The Kier molecular flexibility index (Phi) is 4.58. The van der Waals surface area contributed by atoms with E-state index in [0.29, 0.717) is 17.7 Å². The molecule has 6 heteroatoms. The summed E-state index contributed by atoms with van der Waals surface area (Å²) in [5, 5.41) is 0. The van der Waals surface area contributed by atoms with Crippen LogP contribution in [0.5, 0.6) is 5.75 Å². The van der Waals surface area contributed by atoms with Gasteiger partial charge in [0.25, 0.3) is 0 Å². The van der Waals surface area contributed by atoms with Crippen LogP contribution in [0.25, 0.3) is 0 Å². The van der Waals surface area contributed by atoms with E-state index < -0.39 is 12.1 Å². The Hall–Kier alpha value is -1.48. The minimum absolute atomic E-state index is 0.0814. The molecule has 0 radical (unpaired) electrons. The molecule has 0 atom stereocenters. The first-order valence-electron chi connectivity index (χ1n) is 4.67. The van der Waals surface area contributed by atoms with Crippen molar-refractivity contribution in [3.8, 4) is 17.6 Å². The van der Waals surface area contributed by atoms with E-state index in [9.17, 15) is 13.2 Å². The van der Waals surface area contributed by atoms with Crippen molar-refractivity contribution in [3.05, 3.63) is 23.8 Å². The van der Waals surface area contributed by atoms with E-state index in [0.717, 1.165) is 6.07 Å². The first kappa shape index (κ1) is 13.6. The van der Waals surface area contributed by atoms with E-state index >= 15 is 0 Å². The quantitative estimate of drug-likeness (QED) is 0.488. The van der Waals surface area contributed by atoms with Gasteiger partial charge in [-0.3, -0.25) is 0 Å². The van der Waals surface area contributed by atoms with Gasteiger partial charge in [0.1, 0.15) is 0 Å². The molecule has 1 aromatic rings. The smallest absolute Gasteiger partial charge is 0.404 e. The molecule has 0 aliphatic carbocycles. The number of nitrogens with two attached hydrogens (primary N) is 1. The molecular weight excluding hydrogens is 251 g/mol. The predicted octanol–water partition coefficient (Wildman–Crippen LogP) is 2.84. The number of thiol groups is 1. The second-order valence-electron chi connectivity index (χ2n) is 3.08. The molecule has 0 fully saturated rings. The van der Waals surface area contributed by atoms with Crippen LogP contribution in [-0.2, 0) is 0 Å². The Balaban J connectivity index is 2.92. The normalized spacial score (nSPS) is 10.6. The van der Waals surface area contributed by atoms with Gasteiger partial charge in [0, 0.05) is 17.7 Å². The number of hydrogen-bond donors (Lipinski definition) is 2. The van der Waals surface area contributed by atoms with Crippen LogP contribution in [0.2, 0.25) is 0 Å². The summed E-state index contributed by atoms with van der Waals surface area (Å²) in [6, 6.07) is 4.02. The molecule has 0 saturated carbocycles. The molecule has 2 N–H and O–H groups in total. The Labute approximate surface area is 102 Å². The number of ether oxygens (including phenoxy) is 1. The van der Waals surface area contributed by atoms with Crippen molar-refractivity contribution in [1.29, 1.82) is 0 Å². The lowest BCUT2D eigenvalue weighted by Crippen LogP contribution is -2.18. The van der Waals surface area contributed by atoms with Gasteiger partial charge in [-0.15, -0.1) is 13.2 Å². The Morgan fingerprint density at radius 1 is 1.35 bits per heavy atom. The third-order valence-electron chi connectivity index (χ3n) is 1.71. The van der Waals surface area contributed by atoms with Crippen molar-refractivity contribution in [2.24, 2.45) is 0 Å². The van der Waals surface area contributed by atoms with Crippen molar-refractivity contribution < 1.29 is 17.9 Å². The van der Waals surface area contributed by atoms with Crippen LogP contribution >= 0.6 is 12.6 Å². The predicted molar refractivity (Wildman–Crippen MR) is 62.9 cm³/mol. The summed E-state index contributed by atoms with van der Waals surface area (Å²) in [5.74, 6) is 5.61. The summed E-state index contributed by atoms with van der Waals surface area (Å²) in [6.07, 6.45) is -4.20. The van der Waals surface area contributed by atoms with Crippen LogP contribution in [0.1, 0.15) is 12.0 Å². The molecule has 2 nitrogen and oxygen atoms in total. The number of halogens is 3. The number of benzene rings is 1. The maximum absolute atomic E-state index is 12.0. The molecule has 0 unspecified atom stereocenters. The molecule has 1 rings (SSSR count). The van der Waals surface area contributed by atoms with Gasteiger partial charge >= 0.3 is 6.36 Å². The van der Waals surface area contributed by atoms with Crippen molar-refractivity contribution in [2.45, 2.75) is 12.8 Å². The zero-order valence-corrected chi connectivity index (χ0v) is 9.61. The summed E-state index contributed by atoms with van der Waals surface area (Å²) in [5.41, 5.74) is 5.70. The van der Waals surface area contributed by atoms with Crippen molar-refractivity contribution in [3.63, 3.8) is 0 Å². The zero-order valence-electron chi connectivity index (χ0n) is 8.71. The second-order valence-corrected chi connectivity index (χ2v) is 3.52. The lowest BCUT2D eigenvalue weighted by atomic mass is 10.2. The van der Waals surface area contributed by atoms with E-state index in [1.54, 1.807) is 0 Å². The van der Waals surface area contributed by atoms with E-state index in [2.05, 4.69) is 29.2 Å². The van der Waals surface area contributed by atoms with Crippen LogP contribution in [0.3, 0.4) is 0 Å². The molecule has 0 amide bonds. The highest BCUT2D eigenvalue weighted by Crippen LogP contribution is 2.28. The minimum Gasteiger partial charge on any atom is -0.404 e. The van der Waals surface area contributed by atoms with Crippen LogP contribution in [0.15, 0.2) is 18.2 Å². The third kappa shape index (κ3) is 4.91. The summed E-state index contributed by atoms with van der Waals surface area (Å²) in [6.45, 7) is 0. The minimum atomic E-state index is -4.76. The number of hydrogen-bond acceptors (Lipinski definition) is 3. The molecule has 0 spiro atoms. The summed E-state index contributed by atoms with van der Waals surface area (Å²) in [4.78, 5) is 0. The first-order chi connectivity index (χ1) is 7.92. The van der Waals surface area contributed by atoms with E-state index in [1.165, 1.54) is 12.1 Å². The molecule has 0 aliphatic heterocycles. The highest BCUT2D eigenvalue weighted by molar-refractivity contribution is 7.80. The maximum Gasteiger partial charge on any atom is 0.573 e. The Morgan fingerprint density at radius 3 is 2.65 bits per heavy atom. The second kappa shape index (κ2) is 5.73. The maximum atomic E-state index is 12.0. The molecule has 0 aliphatic rings.